The Morgan fingerprint density at radius 3 is 2.51 bits per heavy atom. The van der Waals surface area contributed by atoms with Gasteiger partial charge in [-0.2, -0.15) is 13.2 Å². The zero-order chi connectivity index (χ0) is 25.7. The molecule has 9 nitrogen and oxygen atoms in total. The standard InChI is InChI=1S/C25H20F3N7O2/c1-35-11-18(25(26,27)28)33-23(35)14-5-7-15(8-6-14)37-17-10-29-16-9-30-22(34-21(16)17)19-20(13-3-4-13)31-12-32-24(19)36-2/h5-13,29H,3-4H2,1-2H3. The predicted octanol–water partition coefficient (Wildman–Crippen LogP) is 5.51. The van der Waals surface area contributed by atoms with Gasteiger partial charge in [0.25, 0.3) is 0 Å². The molecular weight excluding hydrogens is 487 g/mol. The summed E-state index contributed by atoms with van der Waals surface area (Å²) in [6, 6.07) is 6.64. The van der Waals surface area contributed by atoms with Gasteiger partial charge in [0.15, 0.2) is 17.3 Å². The molecule has 1 aromatic carbocycles. The van der Waals surface area contributed by atoms with Gasteiger partial charge in [0, 0.05) is 30.9 Å². The number of aryl methyl sites for hydroxylation is 1. The van der Waals surface area contributed by atoms with Crippen LogP contribution in [0.4, 0.5) is 13.2 Å². The van der Waals surface area contributed by atoms with E-state index in [4.69, 9.17) is 14.5 Å². The van der Waals surface area contributed by atoms with Gasteiger partial charge in [0.1, 0.15) is 29.0 Å². The minimum absolute atomic E-state index is 0.203. The topological polar surface area (TPSA) is 104 Å². The van der Waals surface area contributed by atoms with E-state index in [0.29, 0.717) is 51.3 Å². The summed E-state index contributed by atoms with van der Waals surface area (Å²) in [5.41, 5.74) is 2.34. The highest BCUT2D eigenvalue weighted by Gasteiger charge is 2.34. The monoisotopic (exact) mass is 507 g/mol. The van der Waals surface area contributed by atoms with Crippen molar-refractivity contribution in [3.63, 3.8) is 0 Å². The SMILES string of the molecule is COc1ncnc(C2CC2)c1-c1ncc2[nH]cc(Oc3ccc(-c4nc(C(F)(F)F)cn4C)cc3)c2n1. The van der Waals surface area contributed by atoms with E-state index in [2.05, 4.69) is 24.9 Å². The fourth-order valence-electron chi connectivity index (χ4n) is 4.17. The summed E-state index contributed by atoms with van der Waals surface area (Å²) in [5, 5.41) is 0. The third kappa shape index (κ3) is 4.24. The van der Waals surface area contributed by atoms with E-state index < -0.39 is 11.9 Å². The Kier molecular flexibility index (Phi) is 5.32. The van der Waals surface area contributed by atoms with Crippen LogP contribution in [0.1, 0.15) is 30.1 Å². The largest absolute Gasteiger partial charge is 0.480 e. The maximum absolute atomic E-state index is 13.0. The first-order chi connectivity index (χ1) is 17.8. The minimum atomic E-state index is -4.51. The van der Waals surface area contributed by atoms with E-state index >= 15 is 0 Å². The number of aromatic nitrogens is 7. The van der Waals surface area contributed by atoms with Gasteiger partial charge in [-0.15, -0.1) is 0 Å². The predicted molar refractivity (Wildman–Crippen MR) is 127 cm³/mol. The number of aromatic amines is 1. The number of ether oxygens (including phenoxy) is 2. The lowest BCUT2D eigenvalue weighted by Crippen LogP contribution is -2.04. The van der Waals surface area contributed by atoms with Gasteiger partial charge >= 0.3 is 6.18 Å². The highest BCUT2D eigenvalue weighted by atomic mass is 19.4. The van der Waals surface area contributed by atoms with Gasteiger partial charge in [-0.3, -0.25) is 0 Å². The smallest absolute Gasteiger partial charge is 0.434 e. The second-order valence-electron chi connectivity index (χ2n) is 8.71. The van der Waals surface area contributed by atoms with Crippen molar-refractivity contribution in [2.75, 3.05) is 7.11 Å². The molecule has 1 aliphatic carbocycles. The van der Waals surface area contributed by atoms with Crippen LogP contribution in [0.3, 0.4) is 0 Å². The first-order valence-electron chi connectivity index (χ1n) is 11.4. The Morgan fingerprint density at radius 2 is 1.84 bits per heavy atom. The summed E-state index contributed by atoms with van der Waals surface area (Å²) in [6.45, 7) is 0. The van der Waals surface area contributed by atoms with Crippen LogP contribution >= 0.6 is 0 Å². The van der Waals surface area contributed by atoms with Crippen molar-refractivity contribution in [1.82, 2.24) is 34.5 Å². The number of fused-ring (bicyclic) bond motifs is 1. The van der Waals surface area contributed by atoms with E-state index in [9.17, 15) is 13.2 Å². The molecule has 1 saturated carbocycles. The van der Waals surface area contributed by atoms with Crippen molar-refractivity contribution in [2.45, 2.75) is 24.9 Å². The molecule has 0 bridgehead atoms. The average Bonchev–Trinajstić information content (AvgIpc) is 3.55. The van der Waals surface area contributed by atoms with Crippen LogP contribution in [-0.4, -0.2) is 41.6 Å². The Bertz CT molecular complexity index is 1610. The van der Waals surface area contributed by atoms with Crippen molar-refractivity contribution in [2.24, 2.45) is 7.05 Å². The molecule has 1 N–H and O–H groups in total. The lowest BCUT2D eigenvalue weighted by Gasteiger charge is -2.10. The molecule has 1 fully saturated rings. The Balaban J connectivity index is 1.31. The van der Waals surface area contributed by atoms with Crippen molar-refractivity contribution < 1.29 is 22.6 Å². The number of imidazole rings is 1. The fraction of sp³-hybridized carbons (Fsp3) is 0.240. The average molecular weight is 507 g/mol. The van der Waals surface area contributed by atoms with Crippen LogP contribution in [-0.2, 0) is 13.2 Å². The Morgan fingerprint density at radius 1 is 1.05 bits per heavy atom. The van der Waals surface area contributed by atoms with Crippen LogP contribution < -0.4 is 9.47 Å². The van der Waals surface area contributed by atoms with Gasteiger partial charge in [-0.1, -0.05) is 0 Å². The highest BCUT2D eigenvalue weighted by Crippen LogP contribution is 2.45. The molecule has 0 aliphatic heterocycles. The molecule has 0 saturated heterocycles. The van der Waals surface area contributed by atoms with Crippen molar-refractivity contribution in [3.05, 3.63) is 60.6 Å². The fourth-order valence-corrected chi connectivity index (χ4v) is 4.17. The zero-order valence-corrected chi connectivity index (χ0v) is 19.7. The van der Waals surface area contributed by atoms with Crippen molar-refractivity contribution >= 4 is 11.0 Å². The number of methoxy groups -OCH3 is 1. The summed E-state index contributed by atoms with van der Waals surface area (Å²) < 4.78 is 51.9. The number of hydrogen-bond donors (Lipinski definition) is 1. The van der Waals surface area contributed by atoms with Crippen LogP contribution in [0.2, 0.25) is 0 Å². The third-order valence-electron chi connectivity index (χ3n) is 6.11. The third-order valence-corrected chi connectivity index (χ3v) is 6.11. The second-order valence-corrected chi connectivity index (χ2v) is 8.71. The molecule has 0 atom stereocenters. The number of nitrogens with one attached hydrogen (secondary N) is 1. The van der Waals surface area contributed by atoms with E-state index in [0.717, 1.165) is 24.7 Å². The van der Waals surface area contributed by atoms with Gasteiger partial charge in [0.05, 0.1) is 24.5 Å². The molecule has 0 radical (unpaired) electrons. The molecule has 1 aliphatic rings. The molecule has 4 heterocycles. The number of alkyl halides is 3. The maximum Gasteiger partial charge on any atom is 0.434 e. The minimum Gasteiger partial charge on any atom is -0.480 e. The number of halogens is 3. The molecule has 37 heavy (non-hydrogen) atoms. The Hall–Kier alpha value is -4.48. The number of benzene rings is 1. The van der Waals surface area contributed by atoms with Crippen molar-refractivity contribution in [1.29, 1.82) is 0 Å². The molecule has 0 amide bonds. The van der Waals surface area contributed by atoms with E-state index in [1.807, 2.05) is 0 Å². The number of hydrogen-bond acceptors (Lipinski definition) is 7. The molecule has 6 rings (SSSR count). The molecule has 0 spiro atoms. The lowest BCUT2D eigenvalue weighted by molar-refractivity contribution is -0.140. The molecule has 5 aromatic rings. The second kappa shape index (κ2) is 8.57. The van der Waals surface area contributed by atoms with E-state index in [1.54, 1.807) is 43.8 Å². The first-order valence-corrected chi connectivity index (χ1v) is 11.4. The summed E-state index contributed by atoms with van der Waals surface area (Å²) in [6.07, 6.45) is 3.36. The van der Waals surface area contributed by atoms with Crippen LogP contribution in [0.15, 0.2) is 49.2 Å². The molecule has 12 heteroatoms. The lowest BCUT2D eigenvalue weighted by atomic mass is 10.1. The molecule has 4 aromatic heterocycles. The van der Waals surface area contributed by atoms with E-state index in [1.165, 1.54) is 17.9 Å². The Labute approximate surface area is 208 Å². The number of nitrogens with zero attached hydrogens (tertiary/aromatic N) is 6. The maximum atomic E-state index is 13.0. The summed E-state index contributed by atoms with van der Waals surface area (Å²) >= 11 is 0. The van der Waals surface area contributed by atoms with Gasteiger partial charge in [-0.05, 0) is 37.1 Å². The van der Waals surface area contributed by atoms with Gasteiger partial charge in [0.2, 0.25) is 5.88 Å². The van der Waals surface area contributed by atoms with Gasteiger partial charge < -0.3 is 19.0 Å². The summed E-state index contributed by atoms with van der Waals surface area (Å²) in [7, 11) is 3.07. The first kappa shape index (κ1) is 23.0. The zero-order valence-electron chi connectivity index (χ0n) is 19.7. The van der Waals surface area contributed by atoms with Crippen LogP contribution in [0, 0.1) is 0 Å². The number of H-pyrrole nitrogens is 1. The van der Waals surface area contributed by atoms with E-state index in [-0.39, 0.29) is 5.82 Å². The van der Waals surface area contributed by atoms with Gasteiger partial charge in [-0.25, -0.2) is 24.9 Å². The summed E-state index contributed by atoms with van der Waals surface area (Å²) in [4.78, 5) is 24.8. The summed E-state index contributed by atoms with van der Waals surface area (Å²) in [5.74, 6) is 2.32. The quantitative estimate of drug-likeness (QED) is 0.323. The molecule has 188 valence electrons. The normalized spacial score (nSPS) is 13.8. The van der Waals surface area contributed by atoms with Crippen molar-refractivity contribution in [3.8, 4) is 40.2 Å². The van der Waals surface area contributed by atoms with Crippen LogP contribution in [0.25, 0.3) is 33.8 Å². The highest BCUT2D eigenvalue weighted by molar-refractivity contribution is 5.84. The number of rotatable bonds is 6. The molecule has 0 unspecified atom stereocenters. The molecular formula is C25H20F3N7O2. The van der Waals surface area contributed by atoms with Crippen LogP contribution in [0.5, 0.6) is 17.4 Å².